The van der Waals surface area contributed by atoms with Gasteiger partial charge in [-0.25, -0.2) is 4.98 Å². The van der Waals surface area contributed by atoms with Crippen LogP contribution >= 0.6 is 11.3 Å². The van der Waals surface area contributed by atoms with Crippen LogP contribution in [0, 0.1) is 0 Å². The lowest BCUT2D eigenvalue weighted by molar-refractivity contribution is -0.116. The van der Waals surface area contributed by atoms with Gasteiger partial charge in [0, 0.05) is 24.3 Å². The molecule has 7 nitrogen and oxygen atoms in total. The lowest BCUT2D eigenvalue weighted by atomic mass is 10.2. The first-order valence-electron chi connectivity index (χ1n) is 9.29. The molecule has 8 heteroatoms. The van der Waals surface area contributed by atoms with Crippen LogP contribution in [-0.4, -0.2) is 21.4 Å². The van der Waals surface area contributed by atoms with Gasteiger partial charge in [-0.2, -0.15) is 0 Å². The van der Waals surface area contributed by atoms with Crippen molar-refractivity contribution in [1.29, 1.82) is 0 Å². The Bertz CT molecular complexity index is 1260. The van der Waals surface area contributed by atoms with Gasteiger partial charge in [0.1, 0.15) is 0 Å². The van der Waals surface area contributed by atoms with Crippen molar-refractivity contribution in [1.82, 2.24) is 9.55 Å². The first kappa shape index (κ1) is 19.5. The molecule has 0 saturated carbocycles. The summed E-state index contributed by atoms with van der Waals surface area (Å²) in [6.07, 6.45) is 1.57. The van der Waals surface area contributed by atoms with Crippen LogP contribution in [0.4, 0.5) is 11.4 Å². The number of thiophene rings is 1. The number of para-hydroxylation sites is 1. The zero-order chi connectivity index (χ0) is 20.9. The van der Waals surface area contributed by atoms with Crippen LogP contribution in [-0.2, 0) is 11.3 Å². The molecule has 0 fully saturated rings. The number of anilines is 2. The summed E-state index contributed by atoms with van der Waals surface area (Å²) in [6, 6.07) is 17.6. The molecule has 0 unspecified atom stereocenters. The number of carbonyl (C=O) groups excluding carboxylic acids is 2. The number of hydrogen-bond acceptors (Lipinski definition) is 5. The van der Waals surface area contributed by atoms with Gasteiger partial charge < -0.3 is 10.6 Å². The van der Waals surface area contributed by atoms with Gasteiger partial charge in [0.05, 0.1) is 22.1 Å². The van der Waals surface area contributed by atoms with Crippen molar-refractivity contribution in [3.05, 3.63) is 87.6 Å². The van der Waals surface area contributed by atoms with Crippen molar-refractivity contribution in [3.63, 3.8) is 0 Å². The highest BCUT2D eigenvalue weighted by Gasteiger charge is 2.09. The van der Waals surface area contributed by atoms with Crippen molar-refractivity contribution < 1.29 is 9.59 Å². The topological polar surface area (TPSA) is 93.1 Å². The van der Waals surface area contributed by atoms with Crippen LogP contribution in [0.3, 0.4) is 0 Å². The summed E-state index contributed by atoms with van der Waals surface area (Å²) >= 11 is 1.36. The van der Waals surface area contributed by atoms with E-state index in [1.807, 2.05) is 17.5 Å². The highest BCUT2D eigenvalue weighted by molar-refractivity contribution is 7.12. The monoisotopic (exact) mass is 418 g/mol. The van der Waals surface area contributed by atoms with Crippen LogP contribution in [0.1, 0.15) is 16.1 Å². The number of carbonyl (C=O) groups is 2. The van der Waals surface area contributed by atoms with E-state index in [1.54, 1.807) is 48.5 Å². The number of nitrogens with zero attached hydrogens (tertiary/aromatic N) is 2. The number of aryl methyl sites for hydroxylation is 1. The molecule has 2 aromatic heterocycles. The van der Waals surface area contributed by atoms with E-state index in [9.17, 15) is 14.4 Å². The molecule has 2 heterocycles. The van der Waals surface area contributed by atoms with E-state index in [0.29, 0.717) is 27.2 Å². The summed E-state index contributed by atoms with van der Waals surface area (Å²) in [4.78, 5) is 41.9. The molecule has 30 heavy (non-hydrogen) atoms. The average Bonchev–Trinajstić information content (AvgIpc) is 3.29. The SMILES string of the molecule is O=C(CCn1cnc2ccccc2c1=O)Nc1cccc(NC(=O)c2cccs2)c1. The zero-order valence-corrected chi connectivity index (χ0v) is 16.7. The molecule has 0 aliphatic rings. The Kier molecular flexibility index (Phi) is 5.67. The number of benzene rings is 2. The fraction of sp³-hybridized carbons (Fsp3) is 0.0909. The van der Waals surface area contributed by atoms with E-state index in [2.05, 4.69) is 15.6 Å². The first-order chi connectivity index (χ1) is 14.6. The van der Waals surface area contributed by atoms with Crippen LogP contribution in [0.15, 0.2) is 77.2 Å². The number of hydrogen-bond donors (Lipinski definition) is 2. The van der Waals surface area contributed by atoms with Crippen molar-refractivity contribution in [2.24, 2.45) is 0 Å². The molecule has 2 amide bonds. The summed E-state index contributed by atoms with van der Waals surface area (Å²) < 4.78 is 1.43. The summed E-state index contributed by atoms with van der Waals surface area (Å²) in [6.45, 7) is 0.220. The predicted octanol–water partition coefficient (Wildman–Crippen LogP) is 3.74. The maximum atomic E-state index is 12.5. The second-order valence-electron chi connectivity index (χ2n) is 6.57. The van der Waals surface area contributed by atoms with E-state index in [0.717, 1.165) is 0 Å². The van der Waals surface area contributed by atoms with Crippen molar-refractivity contribution in [3.8, 4) is 0 Å². The molecule has 0 radical (unpaired) electrons. The summed E-state index contributed by atoms with van der Waals surface area (Å²) in [5.74, 6) is -0.437. The van der Waals surface area contributed by atoms with Gasteiger partial charge in [-0.3, -0.25) is 19.0 Å². The van der Waals surface area contributed by atoms with Gasteiger partial charge in [0.2, 0.25) is 5.91 Å². The third-order valence-corrected chi connectivity index (χ3v) is 5.33. The summed E-state index contributed by atoms with van der Waals surface area (Å²) in [5, 5.41) is 7.96. The minimum Gasteiger partial charge on any atom is -0.326 e. The Labute approximate surface area is 176 Å². The predicted molar refractivity (Wildman–Crippen MR) is 118 cm³/mol. The fourth-order valence-electron chi connectivity index (χ4n) is 2.99. The Morgan fingerprint density at radius 1 is 0.967 bits per heavy atom. The molecule has 4 rings (SSSR count). The van der Waals surface area contributed by atoms with Crippen molar-refractivity contribution in [2.75, 3.05) is 10.6 Å². The van der Waals surface area contributed by atoms with Crippen molar-refractivity contribution in [2.45, 2.75) is 13.0 Å². The molecule has 150 valence electrons. The molecule has 2 N–H and O–H groups in total. The lowest BCUT2D eigenvalue weighted by Gasteiger charge is -2.09. The van der Waals surface area contributed by atoms with Gasteiger partial charge in [-0.15, -0.1) is 11.3 Å². The van der Waals surface area contributed by atoms with Gasteiger partial charge in [0.25, 0.3) is 11.5 Å². The summed E-state index contributed by atoms with van der Waals surface area (Å²) in [7, 11) is 0. The Hall–Kier alpha value is -3.78. The first-order valence-corrected chi connectivity index (χ1v) is 10.2. The van der Waals surface area contributed by atoms with E-state index in [1.165, 1.54) is 22.2 Å². The molecular weight excluding hydrogens is 400 g/mol. The Morgan fingerprint density at radius 2 is 1.77 bits per heavy atom. The van der Waals surface area contributed by atoms with Crippen LogP contribution in [0.2, 0.25) is 0 Å². The minimum atomic E-state index is -0.239. The molecule has 0 spiro atoms. The molecule has 0 bridgehead atoms. The van der Waals surface area contributed by atoms with Gasteiger partial charge in [0.15, 0.2) is 0 Å². The lowest BCUT2D eigenvalue weighted by Crippen LogP contribution is -2.23. The van der Waals surface area contributed by atoms with Crippen LogP contribution in [0.25, 0.3) is 10.9 Å². The Morgan fingerprint density at radius 3 is 2.57 bits per heavy atom. The fourth-order valence-corrected chi connectivity index (χ4v) is 3.60. The van der Waals surface area contributed by atoms with Crippen molar-refractivity contribution >= 4 is 45.4 Å². The highest BCUT2D eigenvalue weighted by Crippen LogP contribution is 2.18. The molecule has 2 aromatic carbocycles. The van der Waals surface area contributed by atoms with E-state index in [-0.39, 0.29) is 30.3 Å². The maximum Gasteiger partial charge on any atom is 0.265 e. The highest BCUT2D eigenvalue weighted by atomic mass is 32.1. The largest absolute Gasteiger partial charge is 0.326 e. The number of rotatable bonds is 6. The minimum absolute atomic E-state index is 0.117. The number of fused-ring (bicyclic) bond motifs is 1. The second-order valence-corrected chi connectivity index (χ2v) is 7.52. The van der Waals surface area contributed by atoms with Gasteiger partial charge in [-0.05, 0) is 41.8 Å². The molecule has 0 aliphatic heterocycles. The second kappa shape index (κ2) is 8.71. The number of aromatic nitrogens is 2. The van der Waals surface area contributed by atoms with Crippen LogP contribution < -0.4 is 16.2 Å². The van der Waals surface area contributed by atoms with E-state index in [4.69, 9.17) is 0 Å². The number of nitrogens with one attached hydrogen (secondary N) is 2. The van der Waals surface area contributed by atoms with Gasteiger partial charge >= 0.3 is 0 Å². The van der Waals surface area contributed by atoms with E-state index < -0.39 is 0 Å². The normalized spacial score (nSPS) is 10.7. The van der Waals surface area contributed by atoms with Gasteiger partial charge in [-0.1, -0.05) is 24.3 Å². The quantitative estimate of drug-likeness (QED) is 0.499. The molecule has 0 saturated heterocycles. The molecule has 0 aliphatic carbocycles. The standard InChI is InChI=1S/C22H18N4O3S/c27-20(10-11-26-14-23-18-8-2-1-7-17(18)22(26)29)24-15-5-3-6-16(13-15)25-21(28)19-9-4-12-30-19/h1-9,12-14H,10-11H2,(H,24,27)(H,25,28). The third kappa shape index (κ3) is 4.44. The maximum absolute atomic E-state index is 12.5. The zero-order valence-electron chi connectivity index (χ0n) is 15.9. The van der Waals surface area contributed by atoms with Crippen LogP contribution in [0.5, 0.6) is 0 Å². The number of amides is 2. The Balaban J connectivity index is 1.38. The smallest absolute Gasteiger partial charge is 0.265 e. The molecule has 4 aromatic rings. The average molecular weight is 418 g/mol. The van der Waals surface area contributed by atoms with E-state index >= 15 is 0 Å². The molecular formula is C22H18N4O3S. The molecule has 0 atom stereocenters. The summed E-state index contributed by atoms with van der Waals surface area (Å²) in [5.41, 5.74) is 1.60. The third-order valence-electron chi connectivity index (χ3n) is 4.46.